The summed E-state index contributed by atoms with van der Waals surface area (Å²) in [5.74, 6) is 0. The summed E-state index contributed by atoms with van der Waals surface area (Å²) in [5.41, 5.74) is 0. The molecule has 0 aliphatic heterocycles. The van der Waals surface area contributed by atoms with Crippen LogP contribution in [0.3, 0.4) is 0 Å². The van der Waals surface area contributed by atoms with E-state index in [2.05, 4.69) is 30.8 Å². The minimum atomic E-state index is 0.562. The van der Waals surface area contributed by atoms with Gasteiger partial charge in [-0.2, -0.15) is 0 Å². The first kappa shape index (κ1) is 13.6. The summed E-state index contributed by atoms with van der Waals surface area (Å²) in [6.07, 6.45) is 2.98. The molecule has 0 aromatic carbocycles. The molecule has 0 saturated heterocycles. The molecule has 0 spiro atoms. The smallest absolute Gasteiger partial charge is 0.0474 e. The van der Waals surface area contributed by atoms with E-state index in [-0.39, 0.29) is 0 Å². The van der Waals surface area contributed by atoms with Crippen LogP contribution in [0, 0.1) is 0 Å². The molecule has 0 bridgehead atoms. The zero-order valence-corrected chi connectivity index (χ0v) is 9.75. The molecule has 0 fully saturated rings. The van der Waals surface area contributed by atoms with Gasteiger partial charge in [0, 0.05) is 39.4 Å². The molecule has 0 aliphatic rings. The Hall–Kier alpha value is -0.380. The van der Waals surface area contributed by atoms with Crippen LogP contribution in [0.15, 0.2) is 12.7 Å². The topological polar surface area (TPSA) is 24.5 Å². The van der Waals surface area contributed by atoms with Crippen LogP contribution in [0.25, 0.3) is 0 Å². The van der Waals surface area contributed by atoms with E-state index in [4.69, 9.17) is 4.74 Å². The third-order valence-electron chi connectivity index (χ3n) is 2.34. The fourth-order valence-electron chi connectivity index (χ4n) is 1.23. The van der Waals surface area contributed by atoms with Gasteiger partial charge in [0.25, 0.3) is 0 Å². The molecule has 0 amide bonds. The predicted octanol–water partition coefficient (Wildman–Crippen LogP) is 1.12. The van der Waals surface area contributed by atoms with Gasteiger partial charge in [0.2, 0.25) is 0 Å². The molecule has 84 valence electrons. The van der Waals surface area contributed by atoms with Gasteiger partial charge < -0.3 is 15.0 Å². The van der Waals surface area contributed by atoms with Gasteiger partial charge in [0.05, 0.1) is 0 Å². The number of hydrogen-bond acceptors (Lipinski definition) is 3. The monoisotopic (exact) mass is 200 g/mol. The number of nitrogens with one attached hydrogen (secondary N) is 1. The second-order valence-corrected chi connectivity index (χ2v) is 3.62. The van der Waals surface area contributed by atoms with Crippen LogP contribution in [0.2, 0.25) is 0 Å². The lowest BCUT2D eigenvalue weighted by Gasteiger charge is -2.24. The maximum absolute atomic E-state index is 5.01. The molecular weight excluding hydrogens is 176 g/mol. The molecular formula is C11H24N2O. The minimum absolute atomic E-state index is 0.562. The van der Waals surface area contributed by atoms with Crippen molar-refractivity contribution < 1.29 is 4.74 Å². The van der Waals surface area contributed by atoms with Crippen LogP contribution in [0.4, 0.5) is 0 Å². The Bertz CT molecular complexity index is 139. The van der Waals surface area contributed by atoms with E-state index in [0.29, 0.717) is 6.04 Å². The lowest BCUT2D eigenvalue weighted by atomic mass is 10.2. The first-order valence-electron chi connectivity index (χ1n) is 5.23. The molecule has 3 heteroatoms. The van der Waals surface area contributed by atoms with Gasteiger partial charge in [-0.05, 0) is 20.4 Å². The number of likely N-dealkylation sites (N-methyl/N-ethyl adjacent to an activating group) is 1. The van der Waals surface area contributed by atoms with Gasteiger partial charge in [-0.15, -0.1) is 6.58 Å². The molecule has 0 radical (unpaired) electrons. The molecule has 0 saturated carbocycles. The van der Waals surface area contributed by atoms with Crippen LogP contribution in [-0.2, 0) is 4.74 Å². The summed E-state index contributed by atoms with van der Waals surface area (Å²) in [4.78, 5) is 2.34. The maximum Gasteiger partial charge on any atom is 0.0474 e. The first-order valence-corrected chi connectivity index (χ1v) is 5.23. The highest BCUT2D eigenvalue weighted by Crippen LogP contribution is 1.95. The van der Waals surface area contributed by atoms with Crippen molar-refractivity contribution in [3.05, 3.63) is 12.7 Å². The average Bonchev–Trinajstić information content (AvgIpc) is 2.18. The molecule has 14 heavy (non-hydrogen) atoms. The molecule has 1 N–H and O–H groups in total. The summed E-state index contributed by atoms with van der Waals surface area (Å²) in [5, 5.41) is 3.32. The highest BCUT2D eigenvalue weighted by molar-refractivity contribution is 4.73. The van der Waals surface area contributed by atoms with E-state index in [9.17, 15) is 0 Å². The Morgan fingerprint density at radius 3 is 2.86 bits per heavy atom. The van der Waals surface area contributed by atoms with Crippen molar-refractivity contribution in [1.29, 1.82) is 0 Å². The average molecular weight is 200 g/mol. The van der Waals surface area contributed by atoms with E-state index in [1.807, 2.05) is 6.08 Å². The number of rotatable bonds is 9. The third-order valence-corrected chi connectivity index (χ3v) is 2.34. The molecule has 1 unspecified atom stereocenters. The van der Waals surface area contributed by atoms with Crippen LogP contribution in [0.1, 0.15) is 13.3 Å². The molecule has 1 atom stereocenters. The first-order chi connectivity index (χ1) is 6.72. The molecule has 0 aliphatic carbocycles. The lowest BCUT2D eigenvalue weighted by Crippen LogP contribution is -2.38. The van der Waals surface area contributed by atoms with Crippen molar-refractivity contribution >= 4 is 0 Å². The van der Waals surface area contributed by atoms with E-state index in [0.717, 1.165) is 32.7 Å². The normalized spacial score (nSPS) is 13.1. The largest absolute Gasteiger partial charge is 0.385 e. The fourth-order valence-corrected chi connectivity index (χ4v) is 1.23. The number of nitrogens with zero attached hydrogens (tertiary/aromatic N) is 1. The molecule has 0 aromatic heterocycles. The Balaban J connectivity index is 3.43. The predicted molar refractivity (Wildman–Crippen MR) is 61.7 cm³/mol. The van der Waals surface area contributed by atoms with Crippen LogP contribution in [0.5, 0.6) is 0 Å². The second-order valence-electron chi connectivity index (χ2n) is 3.62. The van der Waals surface area contributed by atoms with Crippen molar-refractivity contribution in [2.24, 2.45) is 0 Å². The van der Waals surface area contributed by atoms with Crippen LogP contribution < -0.4 is 5.32 Å². The van der Waals surface area contributed by atoms with Crippen molar-refractivity contribution in [2.75, 3.05) is 40.4 Å². The Morgan fingerprint density at radius 1 is 1.57 bits per heavy atom. The highest BCUT2D eigenvalue weighted by Gasteiger charge is 2.06. The second kappa shape index (κ2) is 9.19. The summed E-state index contributed by atoms with van der Waals surface area (Å²) in [6.45, 7) is 9.72. The summed E-state index contributed by atoms with van der Waals surface area (Å²) < 4.78 is 5.01. The quantitative estimate of drug-likeness (QED) is 0.446. The molecule has 3 nitrogen and oxygen atoms in total. The van der Waals surface area contributed by atoms with Crippen LogP contribution in [-0.4, -0.2) is 51.3 Å². The van der Waals surface area contributed by atoms with Crippen molar-refractivity contribution in [1.82, 2.24) is 10.2 Å². The van der Waals surface area contributed by atoms with Gasteiger partial charge in [-0.25, -0.2) is 0 Å². The van der Waals surface area contributed by atoms with Gasteiger partial charge in [-0.1, -0.05) is 6.08 Å². The Labute approximate surface area is 88.1 Å². The minimum Gasteiger partial charge on any atom is -0.385 e. The number of ether oxygens (including phenoxy) is 1. The fraction of sp³-hybridized carbons (Fsp3) is 0.818. The molecule has 0 rings (SSSR count). The Kier molecular flexibility index (Phi) is 8.94. The van der Waals surface area contributed by atoms with E-state index >= 15 is 0 Å². The van der Waals surface area contributed by atoms with Crippen molar-refractivity contribution in [2.45, 2.75) is 19.4 Å². The third kappa shape index (κ3) is 7.06. The maximum atomic E-state index is 5.01. The van der Waals surface area contributed by atoms with Crippen molar-refractivity contribution in [3.63, 3.8) is 0 Å². The zero-order valence-electron chi connectivity index (χ0n) is 9.75. The molecule has 0 heterocycles. The van der Waals surface area contributed by atoms with E-state index < -0.39 is 0 Å². The summed E-state index contributed by atoms with van der Waals surface area (Å²) >= 11 is 0. The molecule has 0 aromatic rings. The summed E-state index contributed by atoms with van der Waals surface area (Å²) in [7, 11) is 3.89. The SMILES string of the molecule is C=CCNCC(C)N(C)CCCOC. The van der Waals surface area contributed by atoms with E-state index in [1.165, 1.54) is 0 Å². The lowest BCUT2D eigenvalue weighted by molar-refractivity contribution is 0.168. The van der Waals surface area contributed by atoms with Gasteiger partial charge in [0.15, 0.2) is 0 Å². The zero-order chi connectivity index (χ0) is 10.8. The van der Waals surface area contributed by atoms with E-state index in [1.54, 1.807) is 7.11 Å². The highest BCUT2D eigenvalue weighted by atomic mass is 16.5. The standard InChI is InChI=1S/C11H24N2O/c1-5-7-12-10-11(2)13(3)8-6-9-14-4/h5,11-12H,1,6-10H2,2-4H3. The van der Waals surface area contributed by atoms with Gasteiger partial charge >= 0.3 is 0 Å². The number of hydrogen-bond donors (Lipinski definition) is 1. The Morgan fingerprint density at radius 2 is 2.29 bits per heavy atom. The van der Waals surface area contributed by atoms with Crippen molar-refractivity contribution in [3.8, 4) is 0 Å². The van der Waals surface area contributed by atoms with Crippen LogP contribution >= 0.6 is 0 Å². The summed E-state index contributed by atoms with van der Waals surface area (Å²) in [6, 6.07) is 0.562. The van der Waals surface area contributed by atoms with Gasteiger partial charge in [-0.3, -0.25) is 0 Å². The number of methoxy groups -OCH3 is 1. The van der Waals surface area contributed by atoms with Gasteiger partial charge in [0.1, 0.15) is 0 Å².